The zero-order valence-electron chi connectivity index (χ0n) is 9.84. The standard InChI is InChI=1S/C13H18N2O/c1-3-16-12-5-4-9(2)8-10(12)13-11(14)6-7-15-13/h4-5,8,13-15H,3,6-7H2,1-2H3. The molecule has 1 saturated heterocycles. The lowest BCUT2D eigenvalue weighted by Gasteiger charge is -2.17. The summed E-state index contributed by atoms with van der Waals surface area (Å²) in [5.74, 6) is 0.900. The van der Waals surface area contributed by atoms with E-state index in [2.05, 4.69) is 18.3 Å². The quantitative estimate of drug-likeness (QED) is 0.818. The van der Waals surface area contributed by atoms with Crippen molar-refractivity contribution in [1.29, 1.82) is 5.41 Å². The van der Waals surface area contributed by atoms with E-state index in [1.54, 1.807) is 0 Å². The van der Waals surface area contributed by atoms with Gasteiger partial charge in [0.05, 0.1) is 12.6 Å². The Balaban J connectivity index is 2.36. The molecule has 0 aliphatic carbocycles. The maximum absolute atomic E-state index is 7.92. The molecule has 0 spiro atoms. The number of nitrogens with one attached hydrogen (secondary N) is 2. The summed E-state index contributed by atoms with van der Waals surface area (Å²) in [6.07, 6.45) is 0.837. The van der Waals surface area contributed by atoms with Gasteiger partial charge < -0.3 is 15.5 Å². The zero-order chi connectivity index (χ0) is 11.5. The van der Waals surface area contributed by atoms with Crippen LogP contribution in [0.4, 0.5) is 0 Å². The molecule has 0 aromatic heterocycles. The van der Waals surface area contributed by atoms with Crippen LogP contribution in [0.15, 0.2) is 18.2 Å². The third-order valence-electron chi connectivity index (χ3n) is 2.87. The lowest BCUT2D eigenvalue weighted by Crippen LogP contribution is -2.18. The van der Waals surface area contributed by atoms with Crippen molar-refractivity contribution in [1.82, 2.24) is 5.32 Å². The van der Waals surface area contributed by atoms with Gasteiger partial charge >= 0.3 is 0 Å². The van der Waals surface area contributed by atoms with Gasteiger partial charge in [0.15, 0.2) is 0 Å². The summed E-state index contributed by atoms with van der Waals surface area (Å²) in [7, 11) is 0. The lowest BCUT2D eigenvalue weighted by molar-refractivity contribution is 0.335. The van der Waals surface area contributed by atoms with Gasteiger partial charge in [0, 0.05) is 17.8 Å². The molecule has 0 radical (unpaired) electrons. The molecule has 1 aliphatic heterocycles. The van der Waals surface area contributed by atoms with Crippen LogP contribution in [-0.2, 0) is 0 Å². The molecule has 16 heavy (non-hydrogen) atoms. The highest BCUT2D eigenvalue weighted by atomic mass is 16.5. The Morgan fingerprint density at radius 1 is 1.50 bits per heavy atom. The molecular formula is C13H18N2O. The average molecular weight is 218 g/mol. The summed E-state index contributed by atoms with van der Waals surface area (Å²) >= 11 is 0. The minimum Gasteiger partial charge on any atom is -0.494 e. The van der Waals surface area contributed by atoms with Crippen LogP contribution in [0, 0.1) is 12.3 Å². The highest BCUT2D eigenvalue weighted by molar-refractivity contribution is 5.90. The second-order valence-electron chi connectivity index (χ2n) is 4.14. The van der Waals surface area contributed by atoms with E-state index in [1.165, 1.54) is 5.56 Å². The van der Waals surface area contributed by atoms with E-state index in [-0.39, 0.29) is 6.04 Å². The molecular weight excluding hydrogens is 200 g/mol. The molecule has 1 fully saturated rings. The van der Waals surface area contributed by atoms with Crippen molar-refractivity contribution < 1.29 is 4.74 Å². The second-order valence-corrected chi connectivity index (χ2v) is 4.14. The Morgan fingerprint density at radius 2 is 2.31 bits per heavy atom. The topological polar surface area (TPSA) is 45.1 Å². The van der Waals surface area contributed by atoms with Crippen molar-refractivity contribution in [2.45, 2.75) is 26.3 Å². The maximum atomic E-state index is 7.92. The van der Waals surface area contributed by atoms with Gasteiger partial charge in [-0.05, 0) is 26.3 Å². The molecule has 1 unspecified atom stereocenters. The van der Waals surface area contributed by atoms with Gasteiger partial charge in [-0.25, -0.2) is 0 Å². The normalized spacial score (nSPS) is 20.1. The van der Waals surface area contributed by atoms with Crippen molar-refractivity contribution in [3.8, 4) is 5.75 Å². The Labute approximate surface area is 96.3 Å². The molecule has 1 atom stereocenters. The first kappa shape index (κ1) is 11.1. The minimum absolute atomic E-state index is 0.0430. The molecule has 2 N–H and O–H groups in total. The Hall–Kier alpha value is -1.35. The van der Waals surface area contributed by atoms with Crippen molar-refractivity contribution in [3.63, 3.8) is 0 Å². The molecule has 0 bridgehead atoms. The van der Waals surface area contributed by atoms with Gasteiger partial charge in [-0.1, -0.05) is 17.7 Å². The largest absolute Gasteiger partial charge is 0.494 e. The first-order valence-corrected chi connectivity index (χ1v) is 5.76. The molecule has 1 heterocycles. The highest BCUT2D eigenvalue weighted by Gasteiger charge is 2.24. The average Bonchev–Trinajstić information content (AvgIpc) is 2.67. The summed E-state index contributed by atoms with van der Waals surface area (Å²) in [6.45, 7) is 5.61. The van der Waals surface area contributed by atoms with Gasteiger partial charge in [0.2, 0.25) is 0 Å². The molecule has 1 aliphatic rings. The summed E-state index contributed by atoms with van der Waals surface area (Å²) in [6, 6.07) is 6.21. The SMILES string of the molecule is CCOc1ccc(C)cc1C1NCCC1=N. The monoisotopic (exact) mass is 218 g/mol. The van der Waals surface area contributed by atoms with Crippen LogP contribution >= 0.6 is 0 Å². The van der Waals surface area contributed by atoms with Crippen LogP contribution in [0.1, 0.15) is 30.5 Å². The molecule has 0 saturated carbocycles. The van der Waals surface area contributed by atoms with Crippen molar-refractivity contribution in [3.05, 3.63) is 29.3 Å². The summed E-state index contributed by atoms with van der Waals surface area (Å²) in [4.78, 5) is 0. The van der Waals surface area contributed by atoms with Crippen molar-refractivity contribution >= 4 is 5.71 Å². The zero-order valence-corrected chi connectivity index (χ0v) is 9.84. The van der Waals surface area contributed by atoms with Crippen LogP contribution in [0.25, 0.3) is 0 Å². The Bertz CT molecular complexity index is 401. The Morgan fingerprint density at radius 3 is 2.94 bits per heavy atom. The fourth-order valence-corrected chi connectivity index (χ4v) is 2.10. The van der Waals surface area contributed by atoms with Gasteiger partial charge in [-0.2, -0.15) is 0 Å². The Kier molecular flexibility index (Phi) is 3.25. The smallest absolute Gasteiger partial charge is 0.124 e. The van der Waals surface area contributed by atoms with Crippen molar-refractivity contribution in [2.24, 2.45) is 0 Å². The van der Waals surface area contributed by atoms with E-state index < -0.39 is 0 Å². The van der Waals surface area contributed by atoms with E-state index in [0.717, 1.165) is 30.0 Å². The van der Waals surface area contributed by atoms with Crippen LogP contribution < -0.4 is 10.1 Å². The number of rotatable bonds is 3. The van der Waals surface area contributed by atoms with E-state index in [4.69, 9.17) is 10.1 Å². The number of benzene rings is 1. The maximum Gasteiger partial charge on any atom is 0.124 e. The molecule has 3 nitrogen and oxygen atoms in total. The minimum atomic E-state index is 0.0430. The van der Waals surface area contributed by atoms with E-state index >= 15 is 0 Å². The molecule has 2 rings (SSSR count). The molecule has 86 valence electrons. The van der Waals surface area contributed by atoms with Gasteiger partial charge in [0.1, 0.15) is 5.75 Å². The summed E-state index contributed by atoms with van der Waals surface area (Å²) in [5.41, 5.74) is 3.07. The summed E-state index contributed by atoms with van der Waals surface area (Å²) in [5, 5.41) is 11.3. The number of hydrogen-bond acceptors (Lipinski definition) is 3. The molecule has 1 aromatic carbocycles. The highest BCUT2D eigenvalue weighted by Crippen LogP contribution is 2.30. The number of hydrogen-bond donors (Lipinski definition) is 2. The fourth-order valence-electron chi connectivity index (χ4n) is 2.10. The molecule has 1 aromatic rings. The van der Waals surface area contributed by atoms with Gasteiger partial charge in [-0.15, -0.1) is 0 Å². The first-order valence-electron chi connectivity index (χ1n) is 5.76. The molecule has 0 amide bonds. The first-order chi connectivity index (χ1) is 7.72. The number of aryl methyl sites for hydroxylation is 1. The van der Waals surface area contributed by atoms with Crippen LogP contribution in [0.2, 0.25) is 0 Å². The van der Waals surface area contributed by atoms with E-state index in [9.17, 15) is 0 Å². The third-order valence-corrected chi connectivity index (χ3v) is 2.87. The summed E-state index contributed by atoms with van der Waals surface area (Å²) < 4.78 is 5.62. The van der Waals surface area contributed by atoms with Crippen LogP contribution in [-0.4, -0.2) is 18.9 Å². The lowest BCUT2D eigenvalue weighted by atomic mass is 10.0. The van der Waals surface area contributed by atoms with Gasteiger partial charge in [-0.3, -0.25) is 0 Å². The predicted molar refractivity (Wildman–Crippen MR) is 65.4 cm³/mol. The third kappa shape index (κ3) is 2.09. The van der Waals surface area contributed by atoms with Crippen molar-refractivity contribution in [2.75, 3.05) is 13.2 Å². The predicted octanol–water partition coefficient (Wildman–Crippen LogP) is 2.45. The van der Waals surface area contributed by atoms with E-state index in [1.807, 2.05) is 19.1 Å². The van der Waals surface area contributed by atoms with Crippen LogP contribution in [0.5, 0.6) is 5.75 Å². The number of ether oxygens (including phenoxy) is 1. The van der Waals surface area contributed by atoms with Gasteiger partial charge in [0.25, 0.3) is 0 Å². The van der Waals surface area contributed by atoms with Crippen LogP contribution in [0.3, 0.4) is 0 Å². The van der Waals surface area contributed by atoms with E-state index in [0.29, 0.717) is 6.61 Å². The second kappa shape index (κ2) is 4.66. The fraction of sp³-hybridized carbons (Fsp3) is 0.462. The molecule has 3 heteroatoms.